The second kappa shape index (κ2) is 7.51. The number of esters is 1. The average Bonchev–Trinajstić information content (AvgIpc) is 2.36. The predicted octanol–water partition coefficient (Wildman–Crippen LogP) is 2.65. The average molecular weight is 302 g/mol. The Morgan fingerprint density at radius 3 is 2.57 bits per heavy atom. The molecule has 116 valence electrons. The highest BCUT2D eigenvalue weighted by molar-refractivity contribution is 5.78. The van der Waals surface area contributed by atoms with Crippen LogP contribution in [0.4, 0.5) is 20.2 Å². The number of hydrogen-bond acceptors (Lipinski definition) is 5. The second-order valence-electron chi connectivity index (χ2n) is 4.24. The summed E-state index contributed by atoms with van der Waals surface area (Å²) in [6, 6.07) is 1.28. The summed E-state index contributed by atoms with van der Waals surface area (Å²) >= 11 is 0. The Bertz CT molecular complexity index is 537. The van der Waals surface area contributed by atoms with Crippen molar-refractivity contribution in [2.24, 2.45) is 0 Å². The van der Waals surface area contributed by atoms with Crippen LogP contribution in [0.1, 0.15) is 20.3 Å². The van der Waals surface area contributed by atoms with Gasteiger partial charge in [0.25, 0.3) is 0 Å². The molecule has 8 heteroatoms. The zero-order valence-electron chi connectivity index (χ0n) is 11.8. The minimum Gasteiger partial charge on any atom is -0.465 e. The third-order valence-corrected chi connectivity index (χ3v) is 2.65. The number of anilines is 1. The van der Waals surface area contributed by atoms with E-state index in [1.54, 1.807) is 13.8 Å². The van der Waals surface area contributed by atoms with E-state index in [-0.39, 0.29) is 25.4 Å². The zero-order valence-corrected chi connectivity index (χ0v) is 11.8. The first-order valence-corrected chi connectivity index (χ1v) is 6.44. The summed E-state index contributed by atoms with van der Waals surface area (Å²) < 4.78 is 31.7. The van der Waals surface area contributed by atoms with Gasteiger partial charge in [0.2, 0.25) is 5.82 Å². The van der Waals surface area contributed by atoms with E-state index < -0.39 is 28.2 Å². The number of nitro groups is 1. The first-order chi connectivity index (χ1) is 9.90. The third-order valence-electron chi connectivity index (χ3n) is 2.65. The van der Waals surface area contributed by atoms with Crippen molar-refractivity contribution in [1.29, 1.82) is 0 Å². The molecular formula is C13H16F2N2O4. The van der Waals surface area contributed by atoms with E-state index in [9.17, 15) is 23.7 Å². The van der Waals surface area contributed by atoms with Gasteiger partial charge in [-0.1, -0.05) is 6.92 Å². The molecule has 1 aromatic carbocycles. The lowest BCUT2D eigenvalue weighted by molar-refractivity contribution is -0.386. The number of nitrogens with zero attached hydrogens (tertiary/aromatic N) is 2. The summed E-state index contributed by atoms with van der Waals surface area (Å²) in [5, 5.41) is 11.0. The molecule has 0 saturated carbocycles. The van der Waals surface area contributed by atoms with Crippen LogP contribution in [0.25, 0.3) is 0 Å². The summed E-state index contributed by atoms with van der Waals surface area (Å²) in [6.07, 6.45) is 0.536. The van der Waals surface area contributed by atoms with E-state index in [1.165, 1.54) is 4.90 Å². The predicted molar refractivity (Wildman–Crippen MR) is 72.1 cm³/mol. The number of rotatable bonds is 7. The van der Waals surface area contributed by atoms with Crippen LogP contribution in [0.5, 0.6) is 0 Å². The summed E-state index contributed by atoms with van der Waals surface area (Å²) in [6.45, 7) is 3.46. The molecule has 0 saturated heterocycles. The molecule has 0 aliphatic carbocycles. The Morgan fingerprint density at radius 1 is 1.38 bits per heavy atom. The van der Waals surface area contributed by atoms with Crippen LogP contribution < -0.4 is 4.90 Å². The molecule has 0 unspecified atom stereocenters. The van der Waals surface area contributed by atoms with Gasteiger partial charge in [0.1, 0.15) is 18.0 Å². The summed E-state index contributed by atoms with van der Waals surface area (Å²) in [5.74, 6) is -2.84. The Kier molecular flexibility index (Phi) is 6.01. The molecule has 0 bridgehead atoms. The molecule has 0 aromatic heterocycles. The molecule has 0 N–H and O–H groups in total. The van der Waals surface area contributed by atoms with Gasteiger partial charge in [0, 0.05) is 18.7 Å². The van der Waals surface area contributed by atoms with Crippen LogP contribution in [0.3, 0.4) is 0 Å². The largest absolute Gasteiger partial charge is 0.465 e. The van der Waals surface area contributed by atoms with Crippen LogP contribution in [-0.2, 0) is 9.53 Å². The van der Waals surface area contributed by atoms with E-state index in [0.717, 1.165) is 6.07 Å². The van der Waals surface area contributed by atoms with E-state index >= 15 is 0 Å². The van der Waals surface area contributed by atoms with Gasteiger partial charge >= 0.3 is 11.7 Å². The van der Waals surface area contributed by atoms with Crippen LogP contribution in [0, 0.1) is 21.7 Å². The molecule has 0 amide bonds. The minimum atomic E-state index is -1.28. The maximum atomic E-state index is 13.6. The van der Waals surface area contributed by atoms with E-state index in [1.807, 2.05) is 0 Å². The van der Waals surface area contributed by atoms with E-state index in [4.69, 9.17) is 4.74 Å². The lowest BCUT2D eigenvalue weighted by Gasteiger charge is -2.23. The van der Waals surface area contributed by atoms with Gasteiger partial charge in [0.15, 0.2) is 0 Å². The third kappa shape index (κ3) is 4.37. The van der Waals surface area contributed by atoms with Crippen LogP contribution in [0.2, 0.25) is 0 Å². The number of carbonyl (C=O) groups excluding carboxylic acids is 1. The van der Waals surface area contributed by atoms with Gasteiger partial charge in [-0.05, 0) is 13.3 Å². The second-order valence-corrected chi connectivity index (χ2v) is 4.24. The Balaban J connectivity index is 3.23. The number of carbonyl (C=O) groups is 1. The SMILES string of the molecule is CCCN(CC(=O)OCC)c1cc(F)cc(F)c1[N+](=O)[O-]. The highest BCUT2D eigenvalue weighted by Gasteiger charge is 2.27. The number of hydrogen-bond donors (Lipinski definition) is 0. The molecular weight excluding hydrogens is 286 g/mol. The van der Waals surface area contributed by atoms with Gasteiger partial charge in [-0.15, -0.1) is 0 Å². The van der Waals surface area contributed by atoms with E-state index in [2.05, 4.69) is 0 Å². The van der Waals surface area contributed by atoms with Crippen molar-refractivity contribution in [3.05, 3.63) is 33.9 Å². The lowest BCUT2D eigenvalue weighted by Crippen LogP contribution is -2.32. The number of ether oxygens (including phenoxy) is 1. The molecule has 0 spiro atoms. The highest BCUT2D eigenvalue weighted by Crippen LogP contribution is 2.32. The molecule has 0 atom stereocenters. The maximum absolute atomic E-state index is 13.6. The van der Waals surface area contributed by atoms with Crippen molar-refractivity contribution in [3.8, 4) is 0 Å². The molecule has 1 aromatic rings. The Hall–Kier alpha value is -2.25. The number of nitro benzene ring substituents is 1. The first-order valence-electron chi connectivity index (χ1n) is 6.44. The molecule has 0 fully saturated rings. The first kappa shape index (κ1) is 16.8. The summed E-state index contributed by atoms with van der Waals surface area (Å²) in [5.41, 5.74) is -1.12. The minimum absolute atomic E-state index is 0.151. The summed E-state index contributed by atoms with van der Waals surface area (Å²) in [7, 11) is 0. The van der Waals surface area contributed by atoms with Crippen molar-refractivity contribution < 1.29 is 23.2 Å². The fraction of sp³-hybridized carbons (Fsp3) is 0.462. The van der Waals surface area contributed by atoms with Crippen LogP contribution >= 0.6 is 0 Å². The lowest BCUT2D eigenvalue weighted by atomic mass is 10.2. The van der Waals surface area contributed by atoms with Crippen molar-refractivity contribution in [3.63, 3.8) is 0 Å². The molecule has 0 radical (unpaired) electrons. The van der Waals surface area contributed by atoms with Crippen molar-refractivity contribution >= 4 is 17.3 Å². The van der Waals surface area contributed by atoms with Gasteiger partial charge in [-0.2, -0.15) is 4.39 Å². The van der Waals surface area contributed by atoms with Crippen molar-refractivity contribution in [2.45, 2.75) is 20.3 Å². The van der Waals surface area contributed by atoms with Gasteiger partial charge in [-0.25, -0.2) is 4.39 Å². The maximum Gasteiger partial charge on any atom is 0.328 e. The van der Waals surface area contributed by atoms with Crippen molar-refractivity contribution in [1.82, 2.24) is 0 Å². The fourth-order valence-electron chi connectivity index (χ4n) is 1.89. The molecule has 0 aliphatic rings. The number of benzene rings is 1. The molecule has 0 heterocycles. The normalized spacial score (nSPS) is 10.3. The standard InChI is InChI=1S/C13H16F2N2O4/c1-3-5-16(8-12(18)21-4-2)11-7-9(14)6-10(15)13(11)17(19)20/h6-7H,3-5,8H2,1-2H3. The van der Waals surface area contributed by atoms with Crippen LogP contribution in [-0.4, -0.2) is 30.6 Å². The molecule has 21 heavy (non-hydrogen) atoms. The van der Waals surface area contributed by atoms with E-state index in [0.29, 0.717) is 12.5 Å². The van der Waals surface area contributed by atoms with Crippen molar-refractivity contribution in [2.75, 3.05) is 24.6 Å². The van der Waals surface area contributed by atoms with Gasteiger partial charge < -0.3 is 9.64 Å². The zero-order chi connectivity index (χ0) is 16.0. The molecule has 1 rings (SSSR count). The quantitative estimate of drug-likeness (QED) is 0.440. The Labute approximate surface area is 120 Å². The molecule has 0 aliphatic heterocycles. The highest BCUT2D eigenvalue weighted by atomic mass is 19.1. The van der Waals surface area contributed by atoms with Gasteiger partial charge in [-0.3, -0.25) is 14.9 Å². The topological polar surface area (TPSA) is 72.7 Å². The summed E-state index contributed by atoms with van der Waals surface area (Å²) in [4.78, 5) is 22.8. The fourth-order valence-corrected chi connectivity index (χ4v) is 1.89. The van der Waals surface area contributed by atoms with Crippen LogP contribution in [0.15, 0.2) is 12.1 Å². The smallest absolute Gasteiger partial charge is 0.328 e. The number of halogens is 2. The Morgan fingerprint density at radius 2 is 2.05 bits per heavy atom. The monoisotopic (exact) mass is 302 g/mol. The van der Waals surface area contributed by atoms with Gasteiger partial charge in [0.05, 0.1) is 11.5 Å². The molecule has 6 nitrogen and oxygen atoms in total.